The Morgan fingerprint density at radius 2 is 1.85 bits per heavy atom. The van der Waals surface area contributed by atoms with Gasteiger partial charge in [0.05, 0.1) is 0 Å². The molecule has 0 aliphatic rings. The van der Waals surface area contributed by atoms with E-state index in [0.717, 1.165) is 5.56 Å². The topological polar surface area (TPSA) is 75.6 Å². The van der Waals surface area contributed by atoms with Crippen LogP contribution in [0.15, 0.2) is 36.9 Å². The summed E-state index contributed by atoms with van der Waals surface area (Å²) in [5.74, 6) is -0.782. The van der Waals surface area contributed by atoms with E-state index in [2.05, 4.69) is 25.7 Å². The lowest BCUT2D eigenvalue weighted by Gasteiger charge is -2.15. The quantitative estimate of drug-likeness (QED) is 0.784. The molecular formula is C15H19NO4. The van der Waals surface area contributed by atoms with Crippen molar-refractivity contribution in [2.24, 2.45) is 0 Å². The maximum Gasteiger partial charge on any atom is 0.408 e. The molecule has 2 N–H and O–H groups in total. The predicted octanol–water partition coefficient (Wildman–Crippen LogP) is 2.85. The lowest BCUT2D eigenvalue weighted by atomic mass is 9.99. The number of hydrogen-bond acceptors (Lipinski definition) is 3. The summed E-state index contributed by atoms with van der Waals surface area (Å²) in [6.07, 6.45) is 0.623. The molecule has 20 heavy (non-hydrogen) atoms. The number of carbonyl (C=O) groups excluding carboxylic acids is 1. The predicted molar refractivity (Wildman–Crippen MR) is 75.6 cm³/mol. The highest BCUT2D eigenvalue weighted by Gasteiger charge is 2.22. The monoisotopic (exact) mass is 277 g/mol. The molecule has 0 bridgehead atoms. The largest absolute Gasteiger partial charge is 0.479 e. The first-order valence-electron chi connectivity index (χ1n) is 6.32. The van der Waals surface area contributed by atoms with Crippen LogP contribution in [0.2, 0.25) is 0 Å². The summed E-state index contributed by atoms with van der Waals surface area (Å²) in [7, 11) is 0. The number of alkyl carbamates (subject to hydrolysis) is 1. The third-order valence-corrected chi connectivity index (χ3v) is 2.78. The van der Waals surface area contributed by atoms with Crippen LogP contribution >= 0.6 is 0 Å². The number of rotatable bonds is 6. The minimum atomic E-state index is -1.14. The second-order valence-corrected chi connectivity index (χ2v) is 4.62. The molecule has 1 aromatic rings. The maximum atomic E-state index is 11.4. The van der Waals surface area contributed by atoms with Gasteiger partial charge in [0, 0.05) is 0 Å². The Morgan fingerprint density at radius 1 is 1.30 bits per heavy atom. The van der Waals surface area contributed by atoms with Gasteiger partial charge in [-0.05, 0) is 17.0 Å². The average molecular weight is 277 g/mol. The van der Waals surface area contributed by atoms with Gasteiger partial charge in [0.15, 0.2) is 6.04 Å². The van der Waals surface area contributed by atoms with Gasteiger partial charge in [-0.15, -0.1) is 0 Å². The number of hydrogen-bond donors (Lipinski definition) is 2. The van der Waals surface area contributed by atoms with E-state index >= 15 is 0 Å². The lowest BCUT2D eigenvalue weighted by Crippen LogP contribution is -2.34. The van der Waals surface area contributed by atoms with Crippen LogP contribution in [0.4, 0.5) is 4.79 Å². The van der Waals surface area contributed by atoms with Crippen LogP contribution < -0.4 is 5.32 Å². The van der Waals surface area contributed by atoms with Crippen LogP contribution in [0, 0.1) is 0 Å². The highest BCUT2D eigenvalue weighted by Crippen LogP contribution is 2.19. The van der Waals surface area contributed by atoms with Crippen LogP contribution in [0.1, 0.15) is 36.9 Å². The van der Waals surface area contributed by atoms with Crippen LogP contribution in [0.5, 0.6) is 0 Å². The molecular weight excluding hydrogens is 258 g/mol. The van der Waals surface area contributed by atoms with Crippen molar-refractivity contribution in [1.29, 1.82) is 0 Å². The third kappa shape index (κ3) is 4.42. The molecule has 1 atom stereocenters. The van der Waals surface area contributed by atoms with Crippen molar-refractivity contribution in [2.75, 3.05) is 6.61 Å². The SMILES string of the molecule is C=CCOC(=O)NC(C(=O)O)c1ccc(C(C)C)cc1. The first-order valence-corrected chi connectivity index (χ1v) is 6.32. The molecule has 0 spiro atoms. The van der Waals surface area contributed by atoms with Crippen LogP contribution in [0.25, 0.3) is 0 Å². The van der Waals surface area contributed by atoms with Crippen LogP contribution in [0.3, 0.4) is 0 Å². The Bertz CT molecular complexity index is 479. The summed E-state index contributed by atoms with van der Waals surface area (Å²) in [6, 6.07) is 5.97. The van der Waals surface area contributed by atoms with Gasteiger partial charge < -0.3 is 15.2 Å². The van der Waals surface area contributed by atoms with Gasteiger partial charge in [0.25, 0.3) is 0 Å². The highest BCUT2D eigenvalue weighted by atomic mass is 16.5. The molecule has 0 aliphatic heterocycles. The van der Waals surface area contributed by atoms with Crippen LogP contribution in [-0.4, -0.2) is 23.8 Å². The number of aliphatic carboxylic acids is 1. The fraction of sp³-hybridized carbons (Fsp3) is 0.333. The Balaban J connectivity index is 2.82. The molecule has 108 valence electrons. The summed E-state index contributed by atoms with van der Waals surface area (Å²) in [4.78, 5) is 22.7. The molecule has 5 heteroatoms. The fourth-order valence-electron chi connectivity index (χ4n) is 1.66. The van der Waals surface area contributed by atoms with Crippen molar-refractivity contribution in [2.45, 2.75) is 25.8 Å². The van der Waals surface area contributed by atoms with E-state index in [4.69, 9.17) is 4.74 Å². The van der Waals surface area contributed by atoms with Crippen molar-refractivity contribution >= 4 is 12.1 Å². The number of nitrogens with one attached hydrogen (secondary N) is 1. The van der Waals surface area contributed by atoms with E-state index in [1.54, 1.807) is 12.1 Å². The Labute approximate surface area is 118 Å². The third-order valence-electron chi connectivity index (χ3n) is 2.78. The lowest BCUT2D eigenvalue weighted by molar-refractivity contribution is -0.139. The van der Waals surface area contributed by atoms with E-state index in [0.29, 0.717) is 11.5 Å². The molecule has 1 rings (SSSR count). The van der Waals surface area contributed by atoms with Gasteiger partial charge in [0.1, 0.15) is 6.61 Å². The number of ether oxygens (including phenoxy) is 1. The van der Waals surface area contributed by atoms with E-state index < -0.39 is 18.1 Å². The van der Waals surface area contributed by atoms with Crippen molar-refractivity contribution in [3.63, 3.8) is 0 Å². The molecule has 0 aliphatic carbocycles. The normalized spacial score (nSPS) is 11.8. The zero-order valence-electron chi connectivity index (χ0n) is 11.6. The van der Waals surface area contributed by atoms with Gasteiger partial charge >= 0.3 is 12.1 Å². The summed E-state index contributed by atoms with van der Waals surface area (Å²) in [5, 5.41) is 11.5. The molecule has 1 aromatic carbocycles. The summed E-state index contributed by atoms with van der Waals surface area (Å²) in [5.41, 5.74) is 1.60. The van der Waals surface area contributed by atoms with Gasteiger partial charge in [-0.2, -0.15) is 0 Å². The first-order chi connectivity index (χ1) is 9.45. The summed E-state index contributed by atoms with van der Waals surface area (Å²) in [6.45, 7) is 7.54. The zero-order valence-corrected chi connectivity index (χ0v) is 11.6. The highest BCUT2D eigenvalue weighted by molar-refractivity contribution is 5.81. The fourth-order valence-corrected chi connectivity index (χ4v) is 1.66. The van der Waals surface area contributed by atoms with Gasteiger partial charge in [0.2, 0.25) is 0 Å². The van der Waals surface area contributed by atoms with Gasteiger partial charge in [-0.25, -0.2) is 9.59 Å². The van der Waals surface area contributed by atoms with E-state index in [1.165, 1.54) is 6.08 Å². The molecule has 5 nitrogen and oxygen atoms in total. The number of carboxylic acid groups (broad SMARTS) is 1. The summed E-state index contributed by atoms with van der Waals surface area (Å²) < 4.78 is 4.72. The van der Waals surface area contributed by atoms with E-state index in [-0.39, 0.29) is 6.61 Å². The minimum absolute atomic E-state index is 0.0322. The number of amides is 1. The molecule has 1 unspecified atom stereocenters. The smallest absolute Gasteiger partial charge is 0.408 e. The average Bonchev–Trinajstić information content (AvgIpc) is 2.42. The van der Waals surface area contributed by atoms with Gasteiger partial charge in [-0.3, -0.25) is 0 Å². The molecule has 0 saturated carbocycles. The number of carboxylic acids is 1. The van der Waals surface area contributed by atoms with Crippen molar-refractivity contribution in [3.8, 4) is 0 Å². The minimum Gasteiger partial charge on any atom is -0.479 e. The second-order valence-electron chi connectivity index (χ2n) is 4.62. The first kappa shape index (κ1) is 15.8. The number of carbonyl (C=O) groups is 2. The molecule has 0 radical (unpaired) electrons. The Kier molecular flexibility index (Phi) is 5.77. The van der Waals surface area contributed by atoms with Crippen molar-refractivity contribution < 1.29 is 19.4 Å². The number of benzene rings is 1. The van der Waals surface area contributed by atoms with Gasteiger partial charge in [-0.1, -0.05) is 50.8 Å². The zero-order chi connectivity index (χ0) is 15.1. The Morgan fingerprint density at radius 3 is 2.30 bits per heavy atom. The molecule has 0 aromatic heterocycles. The standard InChI is InChI=1S/C15H19NO4/c1-4-9-20-15(19)16-13(14(17)18)12-7-5-11(6-8-12)10(2)3/h4-8,10,13H,1,9H2,2-3H3,(H,16,19)(H,17,18). The molecule has 0 heterocycles. The molecule has 0 fully saturated rings. The van der Waals surface area contributed by atoms with Crippen molar-refractivity contribution in [3.05, 3.63) is 48.0 Å². The Hall–Kier alpha value is -2.30. The second kappa shape index (κ2) is 7.33. The summed E-state index contributed by atoms with van der Waals surface area (Å²) >= 11 is 0. The van der Waals surface area contributed by atoms with E-state index in [1.807, 2.05) is 12.1 Å². The maximum absolute atomic E-state index is 11.4. The van der Waals surface area contributed by atoms with Crippen LogP contribution in [-0.2, 0) is 9.53 Å². The molecule has 1 amide bonds. The van der Waals surface area contributed by atoms with E-state index in [9.17, 15) is 14.7 Å². The molecule has 0 saturated heterocycles. The van der Waals surface area contributed by atoms with Crippen molar-refractivity contribution in [1.82, 2.24) is 5.32 Å².